The summed E-state index contributed by atoms with van der Waals surface area (Å²) in [6.45, 7) is 6.86. The second-order valence-electron chi connectivity index (χ2n) is 8.34. The molecule has 0 unspecified atom stereocenters. The van der Waals surface area contributed by atoms with Crippen LogP contribution in [0.1, 0.15) is 41.2 Å². The first-order valence-corrected chi connectivity index (χ1v) is 10.5. The fraction of sp³-hybridized carbons (Fsp3) is 0.231. The molecule has 0 fully saturated rings. The van der Waals surface area contributed by atoms with Crippen molar-refractivity contribution in [2.45, 2.75) is 33.7 Å². The standard InChI is InChI=1S/C26H27N3O2/c1-15(2)12-22-20(14-27)25(17-6-4-16(3)5-7-17)19-13-18(8-9-21(19)29-22)23-10-11-24(31-23)26(28)30/h4-11,13,15H,12,14,27H2,1-3H3,(H2,28,30). The molecule has 4 N–H and O–H groups in total. The highest BCUT2D eigenvalue weighted by molar-refractivity contribution is 5.99. The molecule has 1 amide bonds. The number of nitrogens with two attached hydrogens (primary N) is 2. The third kappa shape index (κ3) is 4.09. The number of rotatable bonds is 6. The molecular weight excluding hydrogens is 386 g/mol. The highest BCUT2D eigenvalue weighted by atomic mass is 16.3. The van der Waals surface area contributed by atoms with E-state index >= 15 is 0 Å². The van der Waals surface area contributed by atoms with Gasteiger partial charge in [0.25, 0.3) is 5.91 Å². The van der Waals surface area contributed by atoms with Crippen molar-refractivity contribution in [2.75, 3.05) is 0 Å². The van der Waals surface area contributed by atoms with Gasteiger partial charge in [-0.15, -0.1) is 0 Å². The average Bonchev–Trinajstić information content (AvgIpc) is 3.23. The van der Waals surface area contributed by atoms with Crippen LogP contribution in [0.15, 0.2) is 59.0 Å². The molecule has 2 aromatic carbocycles. The van der Waals surface area contributed by atoms with E-state index in [4.69, 9.17) is 20.9 Å². The summed E-state index contributed by atoms with van der Waals surface area (Å²) >= 11 is 0. The molecule has 0 bridgehead atoms. The van der Waals surface area contributed by atoms with E-state index in [0.29, 0.717) is 18.2 Å². The van der Waals surface area contributed by atoms with Crippen LogP contribution in [-0.2, 0) is 13.0 Å². The summed E-state index contributed by atoms with van der Waals surface area (Å²) in [5.74, 6) is 0.613. The van der Waals surface area contributed by atoms with E-state index in [1.807, 2.05) is 12.1 Å². The van der Waals surface area contributed by atoms with E-state index in [1.54, 1.807) is 12.1 Å². The van der Waals surface area contributed by atoms with Gasteiger partial charge in [-0.3, -0.25) is 9.78 Å². The molecule has 0 radical (unpaired) electrons. The second-order valence-corrected chi connectivity index (χ2v) is 8.34. The summed E-state index contributed by atoms with van der Waals surface area (Å²) in [7, 11) is 0. The predicted molar refractivity (Wildman–Crippen MR) is 125 cm³/mol. The molecule has 0 saturated carbocycles. The number of carbonyl (C=O) groups excluding carboxylic acids is 1. The van der Waals surface area contributed by atoms with Gasteiger partial charge in [0.15, 0.2) is 5.76 Å². The molecule has 4 aromatic rings. The third-order valence-corrected chi connectivity index (χ3v) is 5.45. The van der Waals surface area contributed by atoms with Crippen molar-refractivity contribution in [2.24, 2.45) is 17.4 Å². The average molecular weight is 414 g/mol. The van der Waals surface area contributed by atoms with Crippen LogP contribution in [0.4, 0.5) is 0 Å². The van der Waals surface area contributed by atoms with Crippen molar-refractivity contribution in [3.63, 3.8) is 0 Å². The summed E-state index contributed by atoms with van der Waals surface area (Å²) in [4.78, 5) is 16.4. The van der Waals surface area contributed by atoms with Crippen LogP contribution in [0.2, 0.25) is 0 Å². The Morgan fingerprint density at radius 2 is 1.74 bits per heavy atom. The van der Waals surface area contributed by atoms with E-state index in [0.717, 1.165) is 45.3 Å². The number of amides is 1. The van der Waals surface area contributed by atoms with Crippen LogP contribution in [0.3, 0.4) is 0 Å². The molecule has 0 atom stereocenters. The lowest BCUT2D eigenvalue weighted by Crippen LogP contribution is -2.10. The number of carbonyl (C=O) groups is 1. The summed E-state index contributed by atoms with van der Waals surface area (Å²) in [5, 5.41) is 1.01. The molecule has 5 heteroatoms. The number of benzene rings is 2. The Hall–Kier alpha value is -3.44. The van der Waals surface area contributed by atoms with Gasteiger partial charge >= 0.3 is 0 Å². The number of hydrogen-bond acceptors (Lipinski definition) is 4. The van der Waals surface area contributed by atoms with Gasteiger partial charge in [0.1, 0.15) is 5.76 Å². The zero-order valence-electron chi connectivity index (χ0n) is 18.1. The van der Waals surface area contributed by atoms with Gasteiger partial charge in [0, 0.05) is 23.2 Å². The molecule has 2 heterocycles. The lowest BCUT2D eigenvalue weighted by molar-refractivity contribution is 0.0974. The number of pyridine rings is 1. The maximum Gasteiger partial charge on any atom is 0.284 e. The number of nitrogens with zero attached hydrogens (tertiary/aromatic N) is 1. The maximum atomic E-state index is 11.4. The summed E-state index contributed by atoms with van der Waals surface area (Å²) in [6, 6.07) is 17.9. The highest BCUT2D eigenvalue weighted by Crippen LogP contribution is 2.36. The van der Waals surface area contributed by atoms with Gasteiger partial charge in [-0.25, -0.2) is 0 Å². The number of hydrogen-bond donors (Lipinski definition) is 2. The van der Waals surface area contributed by atoms with Crippen molar-refractivity contribution in [3.8, 4) is 22.5 Å². The van der Waals surface area contributed by atoms with E-state index in [9.17, 15) is 4.79 Å². The molecule has 0 saturated heterocycles. The van der Waals surface area contributed by atoms with E-state index in [-0.39, 0.29) is 5.76 Å². The minimum Gasteiger partial charge on any atom is -0.451 e. The van der Waals surface area contributed by atoms with Crippen LogP contribution in [0.25, 0.3) is 33.4 Å². The Balaban J connectivity index is 1.99. The molecule has 0 aliphatic heterocycles. The number of fused-ring (bicyclic) bond motifs is 1. The first-order valence-electron chi connectivity index (χ1n) is 10.5. The number of aromatic nitrogens is 1. The summed E-state index contributed by atoms with van der Waals surface area (Å²) in [6.07, 6.45) is 0.864. The molecule has 31 heavy (non-hydrogen) atoms. The number of aryl methyl sites for hydroxylation is 1. The van der Waals surface area contributed by atoms with Gasteiger partial charge in [0.05, 0.1) is 5.52 Å². The second kappa shape index (κ2) is 8.36. The highest BCUT2D eigenvalue weighted by Gasteiger charge is 2.18. The van der Waals surface area contributed by atoms with Gasteiger partial charge in [-0.2, -0.15) is 0 Å². The smallest absolute Gasteiger partial charge is 0.284 e. The zero-order chi connectivity index (χ0) is 22.1. The molecular formula is C26H27N3O2. The van der Waals surface area contributed by atoms with Crippen molar-refractivity contribution in [3.05, 3.63) is 77.2 Å². The quantitative estimate of drug-likeness (QED) is 0.453. The van der Waals surface area contributed by atoms with Gasteiger partial charge in [-0.1, -0.05) is 43.7 Å². The Kier molecular flexibility index (Phi) is 5.61. The normalized spacial score (nSPS) is 11.4. The van der Waals surface area contributed by atoms with Crippen LogP contribution >= 0.6 is 0 Å². The predicted octanol–water partition coefficient (Wildman–Crippen LogP) is 5.23. The number of primary amides is 1. The molecule has 0 spiro atoms. The first kappa shape index (κ1) is 20.8. The van der Waals surface area contributed by atoms with Gasteiger partial charge in [0.2, 0.25) is 0 Å². The molecule has 2 aromatic heterocycles. The minimum atomic E-state index is -0.585. The van der Waals surface area contributed by atoms with Crippen molar-refractivity contribution >= 4 is 16.8 Å². The fourth-order valence-electron chi connectivity index (χ4n) is 3.96. The number of furan rings is 1. The zero-order valence-corrected chi connectivity index (χ0v) is 18.1. The SMILES string of the molecule is Cc1ccc(-c2c(CN)c(CC(C)C)nc3ccc(-c4ccc(C(N)=O)o4)cc23)cc1. The van der Waals surface area contributed by atoms with E-state index < -0.39 is 5.91 Å². The van der Waals surface area contributed by atoms with Gasteiger partial charge < -0.3 is 15.9 Å². The maximum absolute atomic E-state index is 11.4. The van der Waals surface area contributed by atoms with Crippen molar-refractivity contribution in [1.82, 2.24) is 4.98 Å². The first-order chi connectivity index (χ1) is 14.9. The van der Waals surface area contributed by atoms with Crippen LogP contribution in [-0.4, -0.2) is 10.9 Å². The van der Waals surface area contributed by atoms with Crippen molar-refractivity contribution in [1.29, 1.82) is 0 Å². The summed E-state index contributed by atoms with van der Waals surface area (Å²) in [5.41, 5.74) is 18.9. The summed E-state index contributed by atoms with van der Waals surface area (Å²) < 4.78 is 5.65. The topological polar surface area (TPSA) is 95.1 Å². The largest absolute Gasteiger partial charge is 0.451 e. The molecule has 158 valence electrons. The van der Waals surface area contributed by atoms with E-state index in [1.165, 1.54) is 5.56 Å². The molecule has 0 aliphatic carbocycles. The monoisotopic (exact) mass is 413 g/mol. The fourth-order valence-corrected chi connectivity index (χ4v) is 3.96. The van der Waals surface area contributed by atoms with Gasteiger partial charge in [-0.05, 0) is 66.3 Å². The third-order valence-electron chi connectivity index (χ3n) is 5.45. The molecule has 0 aliphatic rings. The van der Waals surface area contributed by atoms with Crippen LogP contribution < -0.4 is 11.5 Å². The van der Waals surface area contributed by atoms with Crippen LogP contribution in [0, 0.1) is 12.8 Å². The van der Waals surface area contributed by atoms with E-state index in [2.05, 4.69) is 51.1 Å². The van der Waals surface area contributed by atoms with Crippen LogP contribution in [0.5, 0.6) is 0 Å². The Morgan fingerprint density at radius 3 is 2.35 bits per heavy atom. The lowest BCUT2D eigenvalue weighted by Gasteiger charge is -2.18. The Morgan fingerprint density at radius 1 is 1.03 bits per heavy atom. The minimum absolute atomic E-state index is 0.141. The molecule has 5 nitrogen and oxygen atoms in total. The Bertz CT molecular complexity index is 1250. The molecule has 4 rings (SSSR count). The lowest BCUT2D eigenvalue weighted by atomic mass is 9.90. The Labute approximate surface area is 182 Å². The van der Waals surface area contributed by atoms with Crippen molar-refractivity contribution < 1.29 is 9.21 Å².